The first-order chi connectivity index (χ1) is 8.94. The number of hydrogen-bond acceptors (Lipinski definition) is 4. The number of nitrogens with zero attached hydrogens (tertiary/aromatic N) is 2. The second-order valence-corrected chi connectivity index (χ2v) is 8.09. The van der Waals surface area contributed by atoms with Crippen molar-refractivity contribution in [3.8, 4) is 0 Å². The van der Waals surface area contributed by atoms with Crippen molar-refractivity contribution in [3.63, 3.8) is 0 Å². The lowest BCUT2D eigenvalue weighted by Crippen LogP contribution is -2.54. The first-order valence-corrected chi connectivity index (χ1v) is 9.05. The van der Waals surface area contributed by atoms with Crippen LogP contribution in [0.3, 0.4) is 0 Å². The van der Waals surface area contributed by atoms with Gasteiger partial charge in [0.2, 0.25) is 0 Å². The second kappa shape index (κ2) is 5.99. The molecule has 0 radical (unpaired) electrons. The Morgan fingerprint density at radius 3 is 2.68 bits per heavy atom. The van der Waals surface area contributed by atoms with Crippen LogP contribution >= 0.6 is 11.8 Å². The van der Waals surface area contributed by atoms with Crippen molar-refractivity contribution in [1.82, 2.24) is 8.61 Å². The van der Waals surface area contributed by atoms with Gasteiger partial charge in [0.25, 0.3) is 10.2 Å². The summed E-state index contributed by atoms with van der Waals surface area (Å²) in [7, 11) is -2.10. The van der Waals surface area contributed by atoms with Gasteiger partial charge in [-0.1, -0.05) is 0 Å². The highest BCUT2D eigenvalue weighted by molar-refractivity contribution is 7.99. The number of aliphatic carboxylic acids is 1. The Bertz CT molecular complexity index is 434. The summed E-state index contributed by atoms with van der Waals surface area (Å²) >= 11 is 1.74. The fourth-order valence-corrected chi connectivity index (χ4v) is 5.72. The average Bonchev–Trinajstić information content (AvgIpc) is 2.91. The normalized spacial score (nSPS) is 29.8. The summed E-state index contributed by atoms with van der Waals surface area (Å²) < 4.78 is 27.7. The summed E-state index contributed by atoms with van der Waals surface area (Å²) in [4.78, 5) is 11.2. The maximum absolute atomic E-state index is 12.6. The van der Waals surface area contributed by atoms with E-state index in [4.69, 9.17) is 0 Å². The monoisotopic (exact) mass is 308 g/mol. The maximum atomic E-state index is 12.6. The summed E-state index contributed by atoms with van der Waals surface area (Å²) in [6.07, 6.45) is 2.75. The van der Waals surface area contributed by atoms with E-state index in [-0.39, 0.29) is 6.04 Å². The van der Waals surface area contributed by atoms with E-state index in [2.05, 4.69) is 0 Å². The van der Waals surface area contributed by atoms with Crippen LogP contribution in [-0.4, -0.2) is 65.3 Å². The molecule has 0 amide bonds. The number of carboxylic acids is 1. The Morgan fingerprint density at radius 1 is 1.37 bits per heavy atom. The third-order valence-corrected chi connectivity index (χ3v) is 7.02. The number of carbonyl (C=O) groups is 1. The van der Waals surface area contributed by atoms with Gasteiger partial charge in [0.1, 0.15) is 6.04 Å². The van der Waals surface area contributed by atoms with Crippen LogP contribution in [0.25, 0.3) is 0 Å². The number of piperidine rings is 1. The van der Waals surface area contributed by atoms with Crippen molar-refractivity contribution >= 4 is 27.9 Å². The molecule has 110 valence electrons. The van der Waals surface area contributed by atoms with E-state index in [1.807, 2.05) is 0 Å². The van der Waals surface area contributed by atoms with Crippen LogP contribution in [0, 0.1) is 0 Å². The fraction of sp³-hybridized carbons (Fsp3) is 0.909. The Kier molecular flexibility index (Phi) is 4.75. The zero-order valence-corrected chi connectivity index (χ0v) is 12.6. The van der Waals surface area contributed by atoms with Crippen molar-refractivity contribution in [2.45, 2.75) is 37.8 Å². The number of rotatable bonds is 4. The van der Waals surface area contributed by atoms with Gasteiger partial charge in [0, 0.05) is 25.4 Å². The summed E-state index contributed by atoms with van der Waals surface area (Å²) in [6.45, 7) is 0.309. The molecular formula is C11H20N2O4S2. The lowest BCUT2D eigenvalue weighted by atomic mass is 10.1. The largest absolute Gasteiger partial charge is 0.480 e. The molecule has 0 bridgehead atoms. The molecular weight excluding hydrogens is 288 g/mol. The van der Waals surface area contributed by atoms with Gasteiger partial charge in [0.15, 0.2) is 0 Å². The van der Waals surface area contributed by atoms with Crippen LogP contribution < -0.4 is 0 Å². The Morgan fingerprint density at radius 2 is 2.11 bits per heavy atom. The van der Waals surface area contributed by atoms with Gasteiger partial charge in [0.05, 0.1) is 0 Å². The molecule has 2 heterocycles. The van der Waals surface area contributed by atoms with Crippen molar-refractivity contribution in [2.75, 3.05) is 25.1 Å². The molecule has 0 aromatic carbocycles. The second-order valence-electron chi connectivity index (χ2n) is 5.00. The van der Waals surface area contributed by atoms with Crippen LogP contribution in [0.15, 0.2) is 0 Å². The zero-order valence-electron chi connectivity index (χ0n) is 11.0. The highest BCUT2D eigenvalue weighted by Crippen LogP contribution is 2.28. The molecule has 2 aliphatic heterocycles. The van der Waals surface area contributed by atoms with Crippen LogP contribution in [0.1, 0.15) is 25.7 Å². The predicted octanol–water partition coefficient (Wildman–Crippen LogP) is 0.608. The molecule has 19 heavy (non-hydrogen) atoms. The van der Waals surface area contributed by atoms with Crippen molar-refractivity contribution in [3.05, 3.63) is 0 Å². The van der Waals surface area contributed by atoms with E-state index in [9.17, 15) is 18.3 Å². The van der Waals surface area contributed by atoms with Crippen LogP contribution in [0.2, 0.25) is 0 Å². The van der Waals surface area contributed by atoms with Gasteiger partial charge >= 0.3 is 5.97 Å². The SMILES string of the molecule is CN(C1CCSC1)S(=O)(=O)N1CCCCC1C(=O)O. The molecule has 1 N–H and O–H groups in total. The van der Waals surface area contributed by atoms with Gasteiger partial charge in [-0.25, -0.2) is 0 Å². The molecule has 2 saturated heterocycles. The minimum absolute atomic E-state index is 0.00799. The van der Waals surface area contributed by atoms with Crippen LogP contribution in [0.4, 0.5) is 0 Å². The fourth-order valence-electron chi connectivity index (χ4n) is 2.59. The minimum Gasteiger partial charge on any atom is -0.480 e. The lowest BCUT2D eigenvalue weighted by molar-refractivity contribution is -0.142. The van der Waals surface area contributed by atoms with Gasteiger partial charge < -0.3 is 5.11 Å². The first-order valence-electron chi connectivity index (χ1n) is 6.50. The van der Waals surface area contributed by atoms with Crippen LogP contribution in [0.5, 0.6) is 0 Å². The van der Waals surface area contributed by atoms with Gasteiger partial charge in [-0.15, -0.1) is 0 Å². The maximum Gasteiger partial charge on any atom is 0.322 e. The highest BCUT2D eigenvalue weighted by Gasteiger charge is 2.41. The molecule has 0 spiro atoms. The van der Waals surface area contributed by atoms with Crippen molar-refractivity contribution in [1.29, 1.82) is 0 Å². The van der Waals surface area contributed by atoms with E-state index < -0.39 is 22.2 Å². The van der Waals surface area contributed by atoms with E-state index in [0.717, 1.165) is 30.8 Å². The van der Waals surface area contributed by atoms with Gasteiger partial charge in [-0.2, -0.15) is 28.8 Å². The summed E-state index contributed by atoms with van der Waals surface area (Å²) in [5.74, 6) is 0.714. The third-order valence-electron chi connectivity index (χ3n) is 3.82. The zero-order chi connectivity index (χ0) is 14.0. The average molecular weight is 308 g/mol. The predicted molar refractivity (Wildman–Crippen MR) is 74.4 cm³/mol. The summed E-state index contributed by atoms with van der Waals surface area (Å²) in [6, 6.07) is -0.915. The van der Waals surface area contributed by atoms with Crippen LogP contribution in [-0.2, 0) is 15.0 Å². The molecule has 0 aromatic rings. The molecule has 2 atom stereocenters. The molecule has 2 rings (SSSR count). The van der Waals surface area contributed by atoms with E-state index >= 15 is 0 Å². The highest BCUT2D eigenvalue weighted by atomic mass is 32.2. The molecule has 2 fully saturated rings. The van der Waals surface area contributed by atoms with E-state index in [1.165, 1.54) is 8.61 Å². The lowest BCUT2D eigenvalue weighted by Gasteiger charge is -2.36. The van der Waals surface area contributed by atoms with E-state index in [0.29, 0.717) is 13.0 Å². The Labute approximate surface area is 118 Å². The summed E-state index contributed by atoms with van der Waals surface area (Å²) in [5.41, 5.74) is 0. The molecule has 0 aromatic heterocycles. The van der Waals surface area contributed by atoms with E-state index in [1.54, 1.807) is 18.8 Å². The molecule has 6 nitrogen and oxygen atoms in total. The third kappa shape index (κ3) is 3.07. The minimum atomic E-state index is -3.67. The van der Waals surface area contributed by atoms with Crippen molar-refractivity contribution in [2.24, 2.45) is 0 Å². The topological polar surface area (TPSA) is 77.9 Å². The van der Waals surface area contributed by atoms with Gasteiger partial charge in [-0.05, 0) is 31.4 Å². The Hall–Kier alpha value is -0.310. The number of carboxylic acid groups (broad SMARTS) is 1. The smallest absolute Gasteiger partial charge is 0.322 e. The number of thioether (sulfide) groups is 1. The van der Waals surface area contributed by atoms with Gasteiger partial charge in [-0.3, -0.25) is 4.79 Å². The molecule has 0 aliphatic carbocycles. The Balaban J connectivity index is 2.18. The molecule has 0 saturated carbocycles. The molecule has 8 heteroatoms. The van der Waals surface area contributed by atoms with Crippen molar-refractivity contribution < 1.29 is 18.3 Å². The standard InChI is InChI=1S/C11H20N2O4S2/c1-12(9-5-7-18-8-9)19(16,17)13-6-3-2-4-10(13)11(14)15/h9-10H,2-8H2,1H3,(H,14,15). The first kappa shape index (κ1) is 15.1. The number of hydrogen-bond donors (Lipinski definition) is 1. The molecule has 2 aliphatic rings. The summed E-state index contributed by atoms with van der Waals surface area (Å²) in [5, 5.41) is 9.19. The quantitative estimate of drug-likeness (QED) is 0.823. The molecule has 2 unspecified atom stereocenters.